The summed E-state index contributed by atoms with van der Waals surface area (Å²) >= 11 is 0. The summed E-state index contributed by atoms with van der Waals surface area (Å²) in [4.78, 5) is 29.0. The smallest absolute Gasteiger partial charge is 0.261 e. The topological polar surface area (TPSA) is 87.9 Å². The number of nitrogens with one attached hydrogen (secondary N) is 1. The molecule has 0 saturated carbocycles. The zero-order chi connectivity index (χ0) is 22.1. The first-order valence-electron chi connectivity index (χ1n) is 9.74. The highest BCUT2D eigenvalue weighted by atomic mass is 19.1. The molecule has 8 nitrogen and oxygen atoms in total. The third-order valence-electron chi connectivity index (χ3n) is 5.65. The number of hydrogen-bond acceptors (Lipinski definition) is 6. The lowest BCUT2D eigenvalue weighted by Crippen LogP contribution is -2.48. The monoisotopic (exact) mass is 418 g/mol. The van der Waals surface area contributed by atoms with E-state index in [-0.39, 0.29) is 23.3 Å². The van der Waals surface area contributed by atoms with Gasteiger partial charge in [-0.25, -0.2) is 4.39 Å². The minimum atomic E-state index is -0.508. The van der Waals surface area contributed by atoms with Crippen LogP contribution in [0.1, 0.15) is 30.1 Å². The van der Waals surface area contributed by atoms with Crippen LogP contribution in [0.3, 0.4) is 0 Å². The fourth-order valence-corrected chi connectivity index (χ4v) is 3.67. The van der Waals surface area contributed by atoms with Crippen molar-refractivity contribution in [1.82, 2.24) is 15.4 Å². The molecular weight excluding hydrogens is 391 g/mol. The van der Waals surface area contributed by atoms with E-state index in [1.807, 2.05) is 6.92 Å². The van der Waals surface area contributed by atoms with E-state index in [2.05, 4.69) is 10.5 Å². The van der Waals surface area contributed by atoms with E-state index in [4.69, 9.17) is 9.26 Å². The number of carbonyl (C=O) groups excluding carboxylic acids is 2. The quantitative estimate of drug-likeness (QED) is 0.803. The van der Waals surface area contributed by atoms with Crippen molar-refractivity contribution in [3.05, 3.63) is 29.6 Å². The summed E-state index contributed by atoms with van der Waals surface area (Å²) < 4.78 is 24.4. The second-order valence-electron chi connectivity index (χ2n) is 7.89. The van der Waals surface area contributed by atoms with Crippen molar-refractivity contribution in [1.29, 1.82) is 0 Å². The average Bonchev–Trinajstić information content (AvgIpc) is 3.19. The maximum absolute atomic E-state index is 13.8. The van der Waals surface area contributed by atoms with Gasteiger partial charge < -0.3 is 24.4 Å². The van der Waals surface area contributed by atoms with Crippen LogP contribution in [0.4, 0.5) is 10.2 Å². The van der Waals surface area contributed by atoms with E-state index >= 15 is 0 Å². The predicted octanol–water partition coefficient (Wildman–Crippen LogP) is 2.54. The Morgan fingerprint density at radius 2 is 1.97 bits per heavy atom. The second-order valence-corrected chi connectivity index (χ2v) is 7.89. The molecule has 0 atom stereocenters. The van der Waals surface area contributed by atoms with Gasteiger partial charge in [-0.3, -0.25) is 9.59 Å². The van der Waals surface area contributed by atoms with E-state index < -0.39 is 11.2 Å². The van der Waals surface area contributed by atoms with E-state index in [9.17, 15) is 14.0 Å². The SMILES string of the molecule is CNC(=O)C1(C)CCN(C(=O)c2c(N(C)C)noc2-c2ccc(F)c(OC)c2)CC1. The minimum absolute atomic E-state index is 0.0207. The lowest BCUT2D eigenvalue weighted by atomic mass is 9.79. The van der Waals surface area contributed by atoms with Gasteiger partial charge in [0, 0.05) is 45.2 Å². The van der Waals surface area contributed by atoms with Gasteiger partial charge in [-0.05, 0) is 31.0 Å². The fraction of sp³-hybridized carbons (Fsp3) is 0.476. The van der Waals surface area contributed by atoms with Gasteiger partial charge >= 0.3 is 0 Å². The summed E-state index contributed by atoms with van der Waals surface area (Å²) in [7, 11) is 6.52. The molecule has 1 aliphatic heterocycles. The normalized spacial score (nSPS) is 15.6. The van der Waals surface area contributed by atoms with Crippen LogP contribution in [0.15, 0.2) is 22.7 Å². The van der Waals surface area contributed by atoms with E-state index in [0.717, 1.165) is 0 Å². The van der Waals surface area contributed by atoms with Crippen LogP contribution in [0.5, 0.6) is 5.75 Å². The van der Waals surface area contributed by atoms with Gasteiger partial charge in [0.1, 0.15) is 5.56 Å². The van der Waals surface area contributed by atoms with Crippen LogP contribution in [0, 0.1) is 11.2 Å². The molecule has 1 aliphatic rings. The van der Waals surface area contributed by atoms with Crippen molar-refractivity contribution in [3.8, 4) is 17.1 Å². The summed E-state index contributed by atoms with van der Waals surface area (Å²) in [5, 5.41) is 6.76. The Balaban J connectivity index is 1.95. The molecule has 30 heavy (non-hydrogen) atoms. The number of hydrogen-bond donors (Lipinski definition) is 1. The van der Waals surface area contributed by atoms with E-state index in [0.29, 0.717) is 42.9 Å². The van der Waals surface area contributed by atoms with Crippen LogP contribution < -0.4 is 15.0 Å². The van der Waals surface area contributed by atoms with Gasteiger partial charge in [0.2, 0.25) is 5.91 Å². The predicted molar refractivity (Wildman–Crippen MR) is 110 cm³/mol. The first-order chi connectivity index (χ1) is 14.2. The van der Waals surface area contributed by atoms with Crippen LogP contribution >= 0.6 is 0 Å². The third kappa shape index (κ3) is 3.83. The molecule has 1 saturated heterocycles. The Bertz CT molecular complexity index is 948. The number of halogens is 1. The summed E-state index contributed by atoms with van der Waals surface area (Å²) in [6, 6.07) is 4.26. The summed E-state index contributed by atoms with van der Waals surface area (Å²) in [5.41, 5.74) is 0.291. The van der Waals surface area contributed by atoms with Gasteiger partial charge in [0.05, 0.1) is 7.11 Å². The zero-order valence-electron chi connectivity index (χ0n) is 17.9. The Morgan fingerprint density at radius 3 is 2.53 bits per heavy atom. The van der Waals surface area contributed by atoms with Crippen molar-refractivity contribution >= 4 is 17.6 Å². The highest BCUT2D eigenvalue weighted by Crippen LogP contribution is 2.36. The third-order valence-corrected chi connectivity index (χ3v) is 5.65. The molecule has 1 N–H and O–H groups in total. The number of anilines is 1. The molecule has 1 aromatic carbocycles. The standard InChI is InChI=1S/C21H27FN4O4/c1-21(20(28)23-2)8-10-26(11-9-21)19(27)16-17(30-24-18(16)25(3)4)13-6-7-14(22)15(12-13)29-5/h6-7,12H,8-11H2,1-5H3,(H,23,28). The number of ether oxygens (including phenoxy) is 1. The number of piperidine rings is 1. The first kappa shape index (κ1) is 21.6. The van der Waals surface area contributed by atoms with Gasteiger partial charge in [0.25, 0.3) is 5.91 Å². The highest BCUT2D eigenvalue weighted by molar-refractivity contribution is 6.04. The number of methoxy groups -OCH3 is 1. The van der Waals surface area contributed by atoms with Crippen molar-refractivity contribution in [2.45, 2.75) is 19.8 Å². The Hall–Kier alpha value is -3.10. The zero-order valence-corrected chi connectivity index (χ0v) is 17.9. The molecule has 9 heteroatoms. The molecule has 162 valence electrons. The molecule has 1 fully saturated rings. The number of amides is 2. The highest BCUT2D eigenvalue weighted by Gasteiger charge is 2.39. The first-order valence-corrected chi connectivity index (χ1v) is 9.74. The maximum atomic E-state index is 13.8. The number of carbonyl (C=O) groups is 2. The van der Waals surface area contributed by atoms with E-state index in [1.165, 1.54) is 25.3 Å². The fourth-order valence-electron chi connectivity index (χ4n) is 3.67. The van der Waals surface area contributed by atoms with Gasteiger partial charge in [-0.1, -0.05) is 12.1 Å². The Labute approximate surface area is 174 Å². The number of likely N-dealkylation sites (tertiary alicyclic amines) is 1. The van der Waals surface area contributed by atoms with Gasteiger partial charge in [-0.2, -0.15) is 0 Å². The lowest BCUT2D eigenvalue weighted by molar-refractivity contribution is -0.131. The van der Waals surface area contributed by atoms with Crippen molar-refractivity contribution in [2.75, 3.05) is 46.2 Å². The molecule has 0 bridgehead atoms. The molecule has 2 aromatic rings. The average molecular weight is 418 g/mol. The Kier molecular flexibility index (Phi) is 6.00. The molecule has 1 aromatic heterocycles. The van der Waals surface area contributed by atoms with Crippen LogP contribution in [-0.4, -0.2) is 63.2 Å². The minimum Gasteiger partial charge on any atom is -0.494 e. The molecule has 0 radical (unpaired) electrons. The molecular formula is C21H27FN4O4. The molecule has 0 aliphatic carbocycles. The van der Waals surface area contributed by atoms with Crippen molar-refractivity contribution in [2.24, 2.45) is 5.41 Å². The van der Waals surface area contributed by atoms with Crippen LogP contribution in [0.25, 0.3) is 11.3 Å². The molecule has 0 unspecified atom stereocenters. The molecule has 3 rings (SSSR count). The summed E-state index contributed by atoms with van der Waals surface area (Å²) in [6.07, 6.45) is 1.11. The largest absolute Gasteiger partial charge is 0.494 e. The van der Waals surface area contributed by atoms with E-state index in [1.54, 1.807) is 30.9 Å². The number of benzene rings is 1. The van der Waals surface area contributed by atoms with Crippen molar-refractivity contribution in [3.63, 3.8) is 0 Å². The molecule has 0 spiro atoms. The van der Waals surface area contributed by atoms with Crippen molar-refractivity contribution < 1.29 is 23.2 Å². The second kappa shape index (κ2) is 8.33. The summed E-state index contributed by atoms with van der Waals surface area (Å²) in [5.74, 6) is -0.0802. The van der Waals surface area contributed by atoms with Gasteiger partial charge in [0.15, 0.2) is 23.1 Å². The number of rotatable bonds is 5. The molecule has 2 heterocycles. The molecule has 2 amide bonds. The lowest BCUT2D eigenvalue weighted by Gasteiger charge is -2.38. The number of aromatic nitrogens is 1. The number of nitrogens with zero attached hydrogens (tertiary/aromatic N) is 3. The Morgan fingerprint density at radius 1 is 1.30 bits per heavy atom. The summed E-state index contributed by atoms with van der Waals surface area (Å²) in [6.45, 7) is 2.79. The van der Waals surface area contributed by atoms with Gasteiger partial charge in [-0.15, -0.1) is 0 Å². The van der Waals surface area contributed by atoms with Crippen LogP contribution in [0.2, 0.25) is 0 Å². The van der Waals surface area contributed by atoms with Crippen LogP contribution in [-0.2, 0) is 4.79 Å². The maximum Gasteiger partial charge on any atom is 0.261 e.